The van der Waals surface area contributed by atoms with E-state index in [4.69, 9.17) is 4.43 Å². The number of hydrogen-bond donors (Lipinski definition) is 1. The van der Waals surface area contributed by atoms with Gasteiger partial charge in [-0.2, -0.15) is 0 Å². The van der Waals surface area contributed by atoms with Gasteiger partial charge in [0.2, 0.25) is 5.91 Å². The lowest BCUT2D eigenvalue weighted by Crippen LogP contribution is -2.42. The molecule has 22 heavy (non-hydrogen) atoms. The first-order valence-corrected chi connectivity index (χ1v) is 11.5. The smallest absolute Gasteiger partial charge is 0.227 e. The minimum absolute atomic E-state index is 0.0395. The van der Waals surface area contributed by atoms with Crippen molar-refractivity contribution in [3.05, 3.63) is 28.2 Å². The first-order valence-electron chi connectivity index (χ1n) is 7.79. The second-order valence-electron chi connectivity index (χ2n) is 7.72. The summed E-state index contributed by atoms with van der Waals surface area (Å²) in [7, 11) is -1.91. The molecule has 1 aliphatic rings. The molecule has 0 fully saturated rings. The highest BCUT2D eigenvalue weighted by Crippen LogP contribution is 2.44. The number of benzene rings is 1. The molecule has 2 atom stereocenters. The van der Waals surface area contributed by atoms with Gasteiger partial charge < -0.3 is 9.74 Å². The van der Waals surface area contributed by atoms with E-state index in [1.54, 1.807) is 0 Å². The standard InChI is InChI=1S/C17H26BrNO2Si/c1-11-9-15(21-22(5,6)17(2,3)4)13-10-12(18)7-8-14(13)19-16(11)20/h7-8,10-11,15H,9H2,1-6H3,(H,19,20). The highest BCUT2D eigenvalue weighted by Gasteiger charge is 2.41. The highest BCUT2D eigenvalue weighted by molar-refractivity contribution is 9.10. The summed E-state index contributed by atoms with van der Waals surface area (Å²) >= 11 is 3.54. The van der Waals surface area contributed by atoms with Crippen LogP contribution in [0.2, 0.25) is 18.1 Å². The van der Waals surface area contributed by atoms with Crippen LogP contribution in [0.1, 0.15) is 45.8 Å². The van der Waals surface area contributed by atoms with Gasteiger partial charge in [0, 0.05) is 21.6 Å². The maximum absolute atomic E-state index is 12.2. The van der Waals surface area contributed by atoms with Gasteiger partial charge in [-0.3, -0.25) is 4.79 Å². The van der Waals surface area contributed by atoms with Crippen molar-refractivity contribution < 1.29 is 9.22 Å². The van der Waals surface area contributed by atoms with Gasteiger partial charge in [-0.05, 0) is 42.8 Å². The lowest BCUT2D eigenvalue weighted by Gasteiger charge is -2.39. The topological polar surface area (TPSA) is 38.3 Å². The number of carbonyl (C=O) groups excluding carboxylic acids is 1. The van der Waals surface area contributed by atoms with E-state index < -0.39 is 8.32 Å². The molecule has 1 aromatic rings. The van der Waals surface area contributed by atoms with Crippen LogP contribution in [-0.2, 0) is 9.22 Å². The van der Waals surface area contributed by atoms with Crippen molar-refractivity contribution in [1.29, 1.82) is 0 Å². The minimum Gasteiger partial charge on any atom is -0.410 e. The monoisotopic (exact) mass is 383 g/mol. The van der Waals surface area contributed by atoms with Gasteiger partial charge in [-0.1, -0.05) is 43.6 Å². The Kier molecular flexibility index (Phi) is 4.90. The first kappa shape index (κ1) is 17.7. The van der Waals surface area contributed by atoms with Crippen molar-refractivity contribution >= 4 is 35.8 Å². The fraction of sp³-hybridized carbons (Fsp3) is 0.588. The number of anilines is 1. The zero-order chi connectivity index (χ0) is 16.7. The van der Waals surface area contributed by atoms with Crippen LogP contribution >= 0.6 is 15.9 Å². The number of hydrogen-bond acceptors (Lipinski definition) is 2. The van der Waals surface area contributed by atoms with E-state index in [1.165, 1.54) is 0 Å². The molecular formula is C17H26BrNO2Si. The molecule has 1 aromatic carbocycles. The summed E-state index contributed by atoms with van der Waals surface area (Å²) in [5.74, 6) is 0.0193. The van der Waals surface area contributed by atoms with E-state index in [2.05, 4.69) is 61.2 Å². The lowest BCUT2D eigenvalue weighted by atomic mass is 9.99. The Morgan fingerprint density at radius 1 is 1.32 bits per heavy atom. The van der Waals surface area contributed by atoms with Crippen LogP contribution in [0.25, 0.3) is 0 Å². The van der Waals surface area contributed by atoms with Gasteiger partial charge in [0.05, 0.1) is 6.10 Å². The van der Waals surface area contributed by atoms with Crippen molar-refractivity contribution in [3.8, 4) is 0 Å². The van der Waals surface area contributed by atoms with Crippen LogP contribution in [-0.4, -0.2) is 14.2 Å². The number of carbonyl (C=O) groups is 1. The molecule has 2 rings (SSSR count). The van der Waals surface area contributed by atoms with Crippen molar-refractivity contribution in [2.24, 2.45) is 5.92 Å². The molecule has 3 nitrogen and oxygen atoms in total. The third-order valence-electron chi connectivity index (χ3n) is 4.88. The second-order valence-corrected chi connectivity index (χ2v) is 13.4. The predicted molar refractivity (Wildman–Crippen MR) is 97.6 cm³/mol. The molecule has 5 heteroatoms. The van der Waals surface area contributed by atoms with Crippen LogP contribution in [0.3, 0.4) is 0 Å². The molecule has 0 bridgehead atoms. The summed E-state index contributed by atoms with van der Waals surface area (Å²) < 4.78 is 7.66. The normalized spacial score (nSPS) is 22.8. The van der Waals surface area contributed by atoms with Gasteiger partial charge in [0.25, 0.3) is 0 Å². The van der Waals surface area contributed by atoms with Crippen LogP contribution < -0.4 is 5.32 Å². The molecule has 0 saturated carbocycles. The quantitative estimate of drug-likeness (QED) is 0.685. The van der Waals surface area contributed by atoms with E-state index in [0.717, 1.165) is 22.1 Å². The summed E-state index contributed by atoms with van der Waals surface area (Å²) in [6, 6.07) is 5.99. The molecule has 2 unspecified atom stereocenters. The maximum Gasteiger partial charge on any atom is 0.227 e. The number of fused-ring (bicyclic) bond motifs is 1. The van der Waals surface area contributed by atoms with Gasteiger partial charge in [0.15, 0.2) is 8.32 Å². The molecule has 0 aliphatic carbocycles. The van der Waals surface area contributed by atoms with Gasteiger partial charge in [0.1, 0.15) is 0 Å². The van der Waals surface area contributed by atoms with Crippen molar-refractivity contribution in [2.75, 3.05) is 5.32 Å². The minimum atomic E-state index is -1.91. The molecule has 1 heterocycles. The Morgan fingerprint density at radius 2 is 1.95 bits per heavy atom. The SMILES string of the molecule is CC1CC(O[Si](C)(C)C(C)(C)C)c2cc(Br)ccc2NC1=O. The van der Waals surface area contributed by atoms with Gasteiger partial charge >= 0.3 is 0 Å². The Morgan fingerprint density at radius 3 is 2.55 bits per heavy atom. The predicted octanol–water partition coefficient (Wildman–Crippen LogP) is 5.49. The molecule has 1 N–H and O–H groups in total. The largest absolute Gasteiger partial charge is 0.410 e. The third-order valence-corrected chi connectivity index (χ3v) is 9.86. The summed E-state index contributed by atoms with van der Waals surface area (Å²) in [4.78, 5) is 12.2. The zero-order valence-electron chi connectivity index (χ0n) is 14.3. The Labute approximate surface area is 143 Å². The highest BCUT2D eigenvalue weighted by atomic mass is 79.9. The molecule has 1 amide bonds. The molecule has 122 valence electrons. The van der Waals surface area contributed by atoms with Crippen molar-refractivity contribution in [3.63, 3.8) is 0 Å². The van der Waals surface area contributed by atoms with Gasteiger partial charge in [-0.25, -0.2) is 0 Å². The van der Waals surface area contributed by atoms with E-state index in [0.29, 0.717) is 0 Å². The average Bonchev–Trinajstić information content (AvgIpc) is 2.47. The van der Waals surface area contributed by atoms with E-state index in [9.17, 15) is 4.79 Å². The van der Waals surface area contributed by atoms with Crippen LogP contribution in [0.4, 0.5) is 5.69 Å². The third kappa shape index (κ3) is 3.63. The second kappa shape index (κ2) is 6.10. The summed E-state index contributed by atoms with van der Waals surface area (Å²) in [6.07, 6.45) is 0.685. The summed E-state index contributed by atoms with van der Waals surface area (Å²) in [6.45, 7) is 13.2. The summed E-state index contributed by atoms with van der Waals surface area (Å²) in [5.41, 5.74) is 1.96. The average molecular weight is 384 g/mol. The molecule has 1 aliphatic heterocycles. The molecule has 0 spiro atoms. The number of rotatable bonds is 2. The number of nitrogens with one attached hydrogen (secondary N) is 1. The lowest BCUT2D eigenvalue weighted by molar-refractivity contribution is -0.120. The van der Waals surface area contributed by atoms with E-state index in [-0.39, 0.29) is 23.0 Å². The van der Waals surface area contributed by atoms with E-state index >= 15 is 0 Å². The van der Waals surface area contributed by atoms with Gasteiger partial charge in [-0.15, -0.1) is 0 Å². The Balaban J connectivity index is 2.42. The van der Waals surface area contributed by atoms with E-state index in [1.807, 2.05) is 19.1 Å². The van der Waals surface area contributed by atoms with Crippen LogP contribution in [0.15, 0.2) is 22.7 Å². The Hall–Kier alpha value is -0.653. The fourth-order valence-corrected chi connectivity index (χ4v) is 4.04. The van der Waals surface area contributed by atoms with Crippen LogP contribution in [0.5, 0.6) is 0 Å². The molecule has 0 aromatic heterocycles. The number of halogens is 1. The van der Waals surface area contributed by atoms with Crippen LogP contribution in [0, 0.1) is 5.92 Å². The molecule has 0 saturated heterocycles. The van der Waals surface area contributed by atoms with Crippen molar-refractivity contribution in [2.45, 2.75) is 58.4 Å². The molecular weight excluding hydrogens is 358 g/mol. The summed E-state index contributed by atoms with van der Waals surface area (Å²) in [5, 5.41) is 3.17. The zero-order valence-corrected chi connectivity index (χ0v) is 16.9. The first-order chi connectivity index (χ1) is 10.0. The fourth-order valence-electron chi connectivity index (χ4n) is 2.37. The number of amides is 1. The molecule has 0 radical (unpaired) electrons. The van der Waals surface area contributed by atoms with Crippen molar-refractivity contribution in [1.82, 2.24) is 0 Å². The Bertz CT molecular complexity index is 581. The maximum atomic E-state index is 12.2.